The van der Waals surface area contributed by atoms with Crippen molar-refractivity contribution in [1.29, 1.82) is 0 Å². The van der Waals surface area contributed by atoms with Gasteiger partial charge in [0.25, 0.3) is 5.91 Å². The van der Waals surface area contributed by atoms with E-state index in [-0.39, 0.29) is 19.1 Å². The SMILES string of the molecule is C#CCNC(=O)COc1c(CNC2CC2)cccc1OC. The zero-order valence-electron chi connectivity index (χ0n) is 12.1. The fourth-order valence-corrected chi connectivity index (χ4v) is 1.91. The highest BCUT2D eigenvalue weighted by Gasteiger charge is 2.21. The topological polar surface area (TPSA) is 59.6 Å². The number of carbonyl (C=O) groups is 1. The van der Waals surface area contributed by atoms with E-state index >= 15 is 0 Å². The molecule has 0 heterocycles. The zero-order chi connectivity index (χ0) is 15.1. The second kappa shape index (κ2) is 7.55. The predicted octanol–water partition coefficient (Wildman–Crippen LogP) is 1.08. The first-order valence-corrected chi connectivity index (χ1v) is 6.96. The van der Waals surface area contributed by atoms with Crippen molar-refractivity contribution in [2.75, 3.05) is 20.3 Å². The molecule has 0 radical (unpaired) electrons. The van der Waals surface area contributed by atoms with Crippen LogP contribution in [0.15, 0.2) is 18.2 Å². The average Bonchev–Trinajstić information content (AvgIpc) is 3.33. The molecule has 0 spiro atoms. The van der Waals surface area contributed by atoms with Crippen LogP contribution in [0.25, 0.3) is 0 Å². The summed E-state index contributed by atoms with van der Waals surface area (Å²) in [6.07, 6.45) is 7.53. The summed E-state index contributed by atoms with van der Waals surface area (Å²) >= 11 is 0. The van der Waals surface area contributed by atoms with Crippen LogP contribution in [0.4, 0.5) is 0 Å². The summed E-state index contributed by atoms with van der Waals surface area (Å²) in [5.74, 6) is 3.32. The van der Waals surface area contributed by atoms with Crippen LogP contribution in [-0.2, 0) is 11.3 Å². The van der Waals surface area contributed by atoms with Crippen LogP contribution in [0.3, 0.4) is 0 Å². The van der Waals surface area contributed by atoms with Crippen LogP contribution in [0.2, 0.25) is 0 Å². The molecule has 5 nitrogen and oxygen atoms in total. The number of rotatable bonds is 8. The van der Waals surface area contributed by atoms with Crippen molar-refractivity contribution >= 4 is 5.91 Å². The molecule has 0 saturated heterocycles. The molecule has 1 aromatic carbocycles. The highest BCUT2D eigenvalue weighted by atomic mass is 16.5. The van der Waals surface area contributed by atoms with Crippen molar-refractivity contribution in [3.05, 3.63) is 23.8 Å². The third-order valence-corrected chi connectivity index (χ3v) is 3.17. The Kier molecular flexibility index (Phi) is 5.47. The van der Waals surface area contributed by atoms with E-state index in [0.29, 0.717) is 24.1 Å². The quantitative estimate of drug-likeness (QED) is 0.703. The minimum Gasteiger partial charge on any atom is -0.493 e. The van der Waals surface area contributed by atoms with E-state index in [2.05, 4.69) is 16.6 Å². The van der Waals surface area contributed by atoms with E-state index in [1.807, 2.05) is 18.2 Å². The molecule has 0 aromatic heterocycles. The average molecular weight is 288 g/mol. The summed E-state index contributed by atoms with van der Waals surface area (Å²) in [6.45, 7) is 0.811. The number of carbonyl (C=O) groups excluding carboxylic acids is 1. The molecule has 1 aliphatic rings. The van der Waals surface area contributed by atoms with Crippen LogP contribution in [0, 0.1) is 12.3 Å². The lowest BCUT2D eigenvalue weighted by atomic mass is 10.2. The lowest BCUT2D eigenvalue weighted by molar-refractivity contribution is -0.122. The van der Waals surface area contributed by atoms with Gasteiger partial charge in [0.15, 0.2) is 18.1 Å². The Labute approximate surface area is 125 Å². The minimum atomic E-state index is -0.250. The van der Waals surface area contributed by atoms with Crippen LogP contribution >= 0.6 is 0 Å². The van der Waals surface area contributed by atoms with E-state index in [1.165, 1.54) is 12.8 Å². The smallest absolute Gasteiger partial charge is 0.258 e. The van der Waals surface area contributed by atoms with Crippen molar-refractivity contribution in [1.82, 2.24) is 10.6 Å². The first-order chi connectivity index (χ1) is 10.2. The van der Waals surface area contributed by atoms with Crippen LogP contribution in [0.5, 0.6) is 11.5 Å². The first kappa shape index (κ1) is 15.2. The third-order valence-electron chi connectivity index (χ3n) is 3.17. The molecular weight excluding hydrogens is 268 g/mol. The fourth-order valence-electron chi connectivity index (χ4n) is 1.91. The monoisotopic (exact) mass is 288 g/mol. The number of para-hydroxylation sites is 1. The Morgan fingerprint density at radius 3 is 2.95 bits per heavy atom. The molecule has 1 aliphatic carbocycles. The van der Waals surface area contributed by atoms with E-state index in [9.17, 15) is 4.79 Å². The van der Waals surface area contributed by atoms with Gasteiger partial charge in [-0.2, -0.15) is 0 Å². The third kappa shape index (κ3) is 4.69. The molecule has 5 heteroatoms. The molecule has 2 rings (SSSR count). The molecule has 1 saturated carbocycles. The fraction of sp³-hybridized carbons (Fsp3) is 0.438. The molecule has 0 unspecified atom stereocenters. The van der Waals surface area contributed by atoms with Gasteiger partial charge in [-0.25, -0.2) is 0 Å². The minimum absolute atomic E-state index is 0.0848. The normalized spacial score (nSPS) is 13.3. The molecule has 2 N–H and O–H groups in total. The summed E-state index contributed by atoms with van der Waals surface area (Å²) in [6, 6.07) is 6.29. The highest BCUT2D eigenvalue weighted by molar-refractivity contribution is 5.77. The van der Waals surface area contributed by atoms with Gasteiger partial charge >= 0.3 is 0 Å². The Morgan fingerprint density at radius 1 is 1.48 bits per heavy atom. The van der Waals surface area contributed by atoms with Gasteiger partial charge in [-0.1, -0.05) is 18.1 Å². The number of hydrogen-bond donors (Lipinski definition) is 2. The van der Waals surface area contributed by atoms with Gasteiger partial charge in [0.05, 0.1) is 13.7 Å². The highest BCUT2D eigenvalue weighted by Crippen LogP contribution is 2.31. The maximum Gasteiger partial charge on any atom is 0.258 e. The Hall–Kier alpha value is -2.19. The molecule has 0 atom stereocenters. The van der Waals surface area contributed by atoms with Gasteiger partial charge in [-0.05, 0) is 18.9 Å². The summed E-state index contributed by atoms with van der Waals surface area (Å²) in [5, 5.41) is 5.99. The van der Waals surface area contributed by atoms with Gasteiger partial charge in [-0.3, -0.25) is 4.79 Å². The second-order valence-corrected chi connectivity index (χ2v) is 4.87. The molecule has 1 aromatic rings. The summed E-state index contributed by atoms with van der Waals surface area (Å²) in [7, 11) is 1.58. The van der Waals surface area contributed by atoms with Crippen molar-refractivity contribution in [2.45, 2.75) is 25.4 Å². The van der Waals surface area contributed by atoms with E-state index in [1.54, 1.807) is 7.11 Å². The molecule has 112 valence electrons. The number of terminal acetylenes is 1. The predicted molar refractivity (Wildman–Crippen MR) is 80.2 cm³/mol. The molecule has 21 heavy (non-hydrogen) atoms. The van der Waals surface area contributed by atoms with Gasteiger partial charge in [0.2, 0.25) is 0 Å². The molecule has 0 aliphatic heterocycles. The number of nitrogens with one attached hydrogen (secondary N) is 2. The molecule has 0 bridgehead atoms. The van der Waals surface area contributed by atoms with E-state index in [4.69, 9.17) is 15.9 Å². The molecule has 1 amide bonds. The zero-order valence-corrected chi connectivity index (χ0v) is 12.1. The number of benzene rings is 1. The summed E-state index contributed by atoms with van der Waals surface area (Å²) in [5.41, 5.74) is 0.978. The van der Waals surface area contributed by atoms with Crippen molar-refractivity contribution in [3.63, 3.8) is 0 Å². The van der Waals surface area contributed by atoms with Gasteiger partial charge in [-0.15, -0.1) is 6.42 Å². The number of methoxy groups -OCH3 is 1. The number of amides is 1. The van der Waals surface area contributed by atoms with Crippen LogP contribution in [-0.4, -0.2) is 32.2 Å². The van der Waals surface area contributed by atoms with Gasteiger partial charge in [0, 0.05) is 18.2 Å². The van der Waals surface area contributed by atoms with E-state index < -0.39 is 0 Å². The number of ether oxygens (including phenoxy) is 2. The van der Waals surface area contributed by atoms with Crippen molar-refractivity contribution in [3.8, 4) is 23.8 Å². The van der Waals surface area contributed by atoms with Gasteiger partial charge in [0.1, 0.15) is 0 Å². The number of hydrogen-bond acceptors (Lipinski definition) is 4. The largest absolute Gasteiger partial charge is 0.493 e. The van der Waals surface area contributed by atoms with Crippen molar-refractivity contribution < 1.29 is 14.3 Å². The maximum atomic E-state index is 11.6. The Balaban J connectivity index is 2.00. The maximum absolute atomic E-state index is 11.6. The molecule has 1 fully saturated rings. The second-order valence-electron chi connectivity index (χ2n) is 4.87. The van der Waals surface area contributed by atoms with E-state index in [0.717, 1.165) is 5.56 Å². The molecular formula is C16H20N2O3. The standard InChI is InChI=1S/C16H20N2O3/c1-3-9-17-15(19)11-21-16-12(10-18-13-7-8-13)5-4-6-14(16)20-2/h1,4-6,13,18H,7-11H2,2H3,(H,17,19). The van der Waals surface area contributed by atoms with Gasteiger partial charge < -0.3 is 20.1 Å². The van der Waals surface area contributed by atoms with Crippen molar-refractivity contribution in [2.24, 2.45) is 0 Å². The Morgan fingerprint density at radius 2 is 2.29 bits per heavy atom. The summed E-state index contributed by atoms with van der Waals surface area (Å²) in [4.78, 5) is 11.6. The Bertz CT molecular complexity index is 533. The van der Waals surface area contributed by atoms with Crippen LogP contribution in [0.1, 0.15) is 18.4 Å². The summed E-state index contributed by atoms with van der Waals surface area (Å²) < 4.78 is 10.9. The van der Waals surface area contributed by atoms with Crippen LogP contribution < -0.4 is 20.1 Å². The lowest BCUT2D eigenvalue weighted by Gasteiger charge is -2.15. The first-order valence-electron chi connectivity index (χ1n) is 6.96. The lowest BCUT2D eigenvalue weighted by Crippen LogP contribution is -2.29.